The van der Waals surface area contributed by atoms with Gasteiger partial charge >= 0.3 is 5.97 Å². The second-order valence-corrected chi connectivity index (χ2v) is 5.05. The number of methoxy groups -OCH3 is 1. The van der Waals surface area contributed by atoms with Gasteiger partial charge in [0.2, 0.25) is 0 Å². The molecule has 0 aliphatic heterocycles. The Labute approximate surface area is 137 Å². The largest absolute Gasteiger partial charge is 0.496 e. The zero-order valence-corrected chi connectivity index (χ0v) is 13.8. The number of benzene rings is 2. The van der Waals surface area contributed by atoms with Gasteiger partial charge in [0, 0.05) is 6.42 Å². The first-order chi connectivity index (χ1) is 11.2. The Balaban J connectivity index is 2.17. The average Bonchev–Trinajstić information content (AvgIpc) is 2.60. The van der Waals surface area contributed by atoms with E-state index in [4.69, 9.17) is 14.2 Å². The highest BCUT2D eigenvalue weighted by Crippen LogP contribution is 2.30. The van der Waals surface area contributed by atoms with Gasteiger partial charge in [-0.2, -0.15) is 0 Å². The van der Waals surface area contributed by atoms with Crippen LogP contribution in [0.15, 0.2) is 42.5 Å². The van der Waals surface area contributed by atoms with Gasteiger partial charge in [0.05, 0.1) is 12.7 Å². The summed E-state index contributed by atoms with van der Waals surface area (Å²) in [5.41, 5.74) is 1.98. The van der Waals surface area contributed by atoms with E-state index in [0.717, 1.165) is 17.7 Å². The van der Waals surface area contributed by atoms with Crippen LogP contribution in [0, 0.1) is 0 Å². The monoisotopic (exact) mass is 314 g/mol. The predicted molar refractivity (Wildman–Crippen MR) is 89.1 cm³/mol. The zero-order valence-electron chi connectivity index (χ0n) is 13.8. The molecule has 0 saturated heterocycles. The van der Waals surface area contributed by atoms with Crippen molar-refractivity contribution in [3.05, 3.63) is 53.6 Å². The summed E-state index contributed by atoms with van der Waals surface area (Å²) in [4.78, 5) is 11.6. The van der Waals surface area contributed by atoms with Crippen LogP contribution in [0.1, 0.15) is 31.4 Å². The Morgan fingerprint density at radius 3 is 2.30 bits per heavy atom. The molecule has 0 spiro atoms. The molecule has 2 aromatic rings. The van der Waals surface area contributed by atoms with Gasteiger partial charge in [0.25, 0.3) is 0 Å². The molecule has 0 atom stereocenters. The smallest absolute Gasteiger partial charge is 0.310 e. The van der Waals surface area contributed by atoms with Crippen LogP contribution in [0.5, 0.6) is 17.2 Å². The lowest BCUT2D eigenvalue weighted by molar-refractivity contribution is -0.134. The van der Waals surface area contributed by atoms with E-state index in [1.165, 1.54) is 5.56 Å². The molecule has 0 bridgehead atoms. The van der Waals surface area contributed by atoms with Crippen LogP contribution in [0.4, 0.5) is 0 Å². The maximum Gasteiger partial charge on any atom is 0.310 e. The Kier molecular flexibility index (Phi) is 6.03. The molecule has 0 radical (unpaired) electrons. The van der Waals surface area contributed by atoms with Crippen molar-refractivity contribution in [1.29, 1.82) is 0 Å². The quantitative estimate of drug-likeness (QED) is 0.569. The lowest BCUT2D eigenvalue weighted by Gasteiger charge is -2.14. The van der Waals surface area contributed by atoms with Gasteiger partial charge in [-0.1, -0.05) is 32.0 Å². The lowest BCUT2D eigenvalue weighted by atomic mass is 10.1. The molecule has 0 aromatic heterocycles. The molecule has 4 nitrogen and oxygen atoms in total. The van der Waals surface area contributed by atoms with Crippen LogP contribution in [0.3, 0.4) is 0 Å². The maximum absolute atomic E-state index is 11.6. The maximum atomic E-state index is 11.6. The number of ether oxygens (including phenoxy) is 3. The molecule has 0 fully saturated rings. The van der Waals surface area contributed by atoms with Crippen LogP contribution in [0.2, 0.25) is 0 Å². The molecule has 0 amide bonds. The van der Waals surface area contributed by atoms with E-state index < -0.39 is 0 Å². The van der Waals surface area contributed by atoms with E-state index in [9.17, 15) is 4.79 Å². The topological polar surface area (TPSA) is 44.8 Å². The SMILES string of the molecule is CCC(=O)Oc1cccc(OC)c1COc1ccc(CC)cc1. The molecule has 0 heterocycles. The molecule has 0 aliphatic carbocycles. The summed E-state index contributed by atoms with van der Waals surface area (Å²) in [5.74, 6) is 1.59. The Hall–Kier alpha value is -2.49. The second-order valence-electron chi connectivity index (χ2n) is 5.05. The molecule has 122 valence electrons. The van der Waals surface area contributed by atoms with Crippen LogP contribution in [-0.4, -0.2) is 13.1 Å². The number of rotatable bonds is 7. The van der Waals surface area contributed by atoms with Gasteiger partial charge in [0.1, 0.15) is 23.9 Å². The van der Waals surface area contributed by atoms with Crippen LogP contribution in [-0.2, 0) is 17.8 Å². The average molecular weight is 314 g/mol. The van der Waals surface area contributed by atoms with Crippen molar-refractivity contribution in [1.82, 2.24) is 0 Å². The van der Waals surface area contributed by atoms with Gasteiger partial charge in [-0.3, -0.25) is 4.79 Å². The van der Waals surface area contributed by atoms with Crippen molar-refractivity contribution in [3.63, 3.8) is 0 Å². The first kappa shape index (κ1) is 16.9. The standard InChI is InChI=1S/C19H22O4/c1-4-14-9-11-15(12-10-14)22-13-16-17(21-3)7-6-8-18(16)23-19(20)5-2/h6-12H,4-5,13H2,1-3H3. The van der Waals surface area contributed by atoms with Crippen molar-refractivity contribution >= 4 is 5.97 Å². The summed E-state index contributed by atoms with van der Waals surface area (Å²) in [6.45, 7) is 4.13. The van der Waals surface area contributed by atoms with Crippen molar-refractivity contribution in [2.45, 2.75) is 33.3 Å². The van der Waals surface area contributed by atoms with Crippen molar-refractivity contribution in [2.75, 3.05) is 7.11 Å². The minimum atomic E-state index is -0.285. The Morgan fingerprint density at radius 2 is 1.70 bits per heavy atom. The number of carbonyl (C=O) groups excluding carboxylic acids is 1. The third kappa shape index (κ3) is 4.49. The fraction of sp³-hybridized carbons (Fsp3) is 0.316. The van der Waals surface area contributed by atoms with Crippen molar-refractivity contribution in [3.8, 4) is 17.2 Å². The van der Waals surface area contributed by atoms with Gasteiger partial charge < -0.3 is 14.2 Å². The number of carbonyl (C=O) groups is 1. The highest BCUT2D eigenvalue weighted by atomic mass is 16.5. The zero-order chi connectivity index (χ0) is 16.7. The number of aryl methyl sites for hydroxylation is 1. The van der Waals surface area contributed by atoms with Gasteiger partial charge in [-0.25, -0.2) is 0 Å². The molecule has 0 N–H and O–H groups in total. The summed E-state index contributed by atoms with van der Waals surface area (Å²) < 4.78 is 16.5. The lowest BCUT2D eigenvalue weighted by Crippen LogP contribution is -2.09. The number of hydrogen-bond acceptors (Lipinski definition) is 4. The molecule has 23 heavy (non-hydrogen) atoms. The number of hydrogen-bond donors (Lipinski definition) is 0. The Bertz CT molecular complexity index is 647. The normalized spacial score (nSPS) is 10.2. The number of esters is 1. The molecule has 2 rings (SSSR count). The molecule has 0 saturated carbocycles. The van der Waals surface area contributed by atoms with Gasteiger partial charge in [-0.05, 0) is 36.2 Å². The summed E-state index contributed by atoms with van der Waals surface area (Å²) in [7, 11) is 1.58. The fourth-order valence-electron chi connectivity index (χ4n) is 2.15. The molecule has 0 aliphatic rings. The minimum absolute atomic E-state index is 0.266. The van der Waals surface area contributed by atoms with Crippen LogP contribution in [0.25, 0.3) is 0 Å². The van der Waals surface area contributed by atoms with Crippen LogP contribution < -0.4 is 14.2 Å². The van der Waals surface area contributed by atoms with E-state index in [0.29, 0.717) is 17.9 Å². The van der Waals surface area contributed by atoms with Crippen molar-refractivity contribution in [2.24, 2.45) is 0 Å². The third-order valence-corrected chi connectivity index (χ3v) is 3.54. The highest BCUT2D eigenvalue weighted by molar-refractivity contribution is 5.72. The van der Waals surface area contributed by atoms with E-state index in [-0.39, 0.29) is 12.6 Å². The highest BCUT2D eigenvalue weighted by Gasteiger charge is 2.14. The Morgan fingerprint density at radius 1 is 1.00 bits per heavy atom. The summed E-state index contributed by atoms with van der Waals surface area (Å²) >= 11 is 0. The second kappa shape index (κ2) is 8.22. The molecule has 4 heteroatoms. The van der Waals surface area contributed by atoms with Gasteiger partial charge in [-0.15, -0.1) is 0 Å². The summed E-state index contributed by atoms with van der Waals surface area (Å²) in [5, 5.41) is 0. The van der Waals surface area contributed by atoms with Crippen molar-refractivity contribution < 1.29 is 19.0 Å². The predicted octanol–water partition coefficient (Wildman–Crippen LogP) is 4.15. The molecule has 2 aromatic carbocycles. The van der Waals surface area contributed by atoms with Crippen LogP contribution >= 0.6 is 0 Å². The third-order valence-electron chi connectivity index (χ3n) is 3.54. The summed E-state index contributed by atoms with van der Waals surface area (Å²) in [6, 6.07) is 13.3. The molecular formula is C19H22O4. The summed E-state index contributed by atoms with van der Waals surface area (Å²) in [6.07, 6.45) is 1.31. The van der Waals surface area contributed by atoms with E-state index >= 15 is 0 Å². The van der Waals surface area contributed by atoms with E-state index in [1.54, 1.807) is 26.2 Å². The first-order valence-corrected chi connectivity index (χ1v) is 7.76. The van der Waals surface area contributed by atoms with Gasteiger partial charge in [0.15, 0.2) is 0 Å². The van der Waals surface area contributed by atoms with E-state index in [2.05, 4.69) is 6.92 Å². The minimum Gasteiger partial charge on any atom is -0.496 e. The molecular weight excluding hydrogens is 292 g/mol. The van der Waals surface area contributed by atoms with E-state index in [1.807, 2.05) is 30.3 Å². The fourth-order valence-corrected chi connectivity index (χ4v) is 2.15. The molecule has 0 unspecified atom stereocenters. The first-order valence-electron chi connectivity index (χ1n) is 7.76.